The Kier molecular flexibility index (Phi) is 7.58. The minimum Gasteiger partial charge on any atom is -0.492 e. The van der Waals surface area contributed by atoms with Crippen LogP contribution < -0.4 is 10.1 Å². The Bertz CT molecular complexity index is 979. The van der Waals surface area contributed by atoms with E-state index in [4.69, 9.17) is 9.47 Å². The summed E-state index contributed by atoms with van der Waals surface area (Å²) in [6, 6.07) is 16.9. The number of halogens is 1. The normalized spacial score (nSPS) is 22.3. The van der Waals surface area contributed by atoms with Crippen LogP contribution in [0, 0.1) is 34.9 Å². The average molecular weight is 452 g/mol. The van der Waals surface area contributed by atoms with Crippen molar-refractivity contribution in [3.05, 3.63) is 65.5 Å². The van der Waals surface area contributed by atoms with Gasteiger partial charge < -0.3 is 14.8 Å². The van der Waals surface area contributed by atoms with E-state index in [2.05, 4.69) is 10.2 Å². The number of rotatable bonds is 11. The molecule has 0 aromatic heterocycles. The summed E-state index contributed by atoms with van der Waals surface area (Å²) in [5.74, 6) is 0.671. The Morgan fingerprint density at radius 1 is 1.21 bits per heavy atom. The number of piperidine rings is 1. The maximum Gasteiger partial charge on any atom is 0.323 e. The van der Waals surface area contributed by atoms with E-state index in [0.29, 0.717) is 30.9 Å². The number of nitrogens with one attached hydrogen (secondary N) is 1. The lowest BCUT2D eigenvalue weighted by atomic mass is 10.0. The van der Waals surface area contributed by atoms with E-state index < -0.39 is 11.9 Å². The zero-order valence-electron chi connectivity index (χ0n) is 18.9. The van der Waals surface area contributed by atoms with E-state index in [1.165, 1.54) is 6.07 Å². The third kappa shape index (κ3) is 6.10. The number of carbonyl (C=O) groups excluding carboxylic acids is 1. The van der Waals surface area contributed by atoms with Gasteiger partial charge in [-0.15, -0.1) is 0 Å². The second-order valence-electron chi connectivity index (χ2n) is 8.76. The molecule has 1 aliphatic carbocycles. The van der Waals surface area contributed by atoms with Crippen molar-refractivity contribution < 1.29 is 18.7 Å². The molecule has 33 heavy (non-hydrogen) atoms. The highest BCUT2D eigenvalue weighted by Gasteiger charge is 2.55. The van der Waals surface area contributed by atoms with Gasteiger partial charge in [-0.3, -0.25) is 9.69 Å². The van der Waals surface area contributed by atoms with Gasteiger partial charge in [-0.25, -0.2) is 4.39 Å². The van der Waals surface area contributed by atoms with Crippen LogP contribution >= 0.6 is 0 Å². The van der Waals surface area contributed by atoms with Crippen LogP contribution in [0.1, 0.15) is 18.1 Å². The molecule has 2 aromatic carbocycles. The number of benzene rings is 2. The molecule has 0 radical (unpaired) electrons. The van der Waals surface area contributed by atoms with Crippen LogP contribution in [0.4, 0.5) is 4.39 Å². The molecule has 0 bridgehead atoms. The molecule has 1 saturated heterocycles. The standard InChI is InChI=1S/C26H30FN3O3/c1-2-32-26(31)20(14-28)12-18-6-8-22(9-7-18)33-11-10-29-25-23-16-30(17-24(23)25)15-19-4-3-5-21(27)13-19/h3-9,13,20,23-25,29H,2,10-12,15-17H2,1H3/t20-,23-,24?,25?/m0/s1. The number of nitriles is 1. The van der Waals surface area contributed by atoms with Gasteiger partial charge in [0.1, 0.15) is 24.1 Å². The van der Waals surface area contributed by atoms with Crippen LogP contribution in [0.25, 0.3) is 0 Å². The summed E-state index contributed by atoms with van der Waals surface area (Å²) in [4.78, 5) is 14.2. The third-order valence-corrected chi connectivity index (χ3v) is 6.41. The van der Waals surface area contributed by atoms with Gasteiger partial charge in [0.15, 0.2) is 0 Å². The van der Waals surface area contributed by atoms with E-state index in [1.807, 2.05) is 36.4 Å². The maximum atomic E-state index is 13.4. The predicted octanol–water partition coefficient (Wildman–Crippen LogP) is 3.17. The van der Waals surface area contributed by atoms with Gasteiger partial charge in [-0.1, -0.05) is 24.3 Å². The van der Waals surface area contributed by atoms with Gasteiger partial charge in [-0.2, -0.15) is 5.26 Å². The second kappa shape index (κ2) is 10.8. The summed E-state index contributed by atoms with van der Waals surface area (Å²) < 4.78 is 24.1. The average Bonchev–Trinajstić information content (AvgIpc) is 3.26. The molecule has 7 heteroatoms. The maximum absolute atomic E-state index is 13.4. The summed E-state index contributed by atoms with van der Waals surface area (Å²) in [5, 5.41) is 12.8. The van der Waals surface area contributed by atoms with E-state index in [-0.39, 0.29) is 12.4 Å². The lowest BCUT2D eigenvalue weighted by Gasteiger charge is -2.20. The van der Waals surface area contributed by atoms with E-state index in [9.17, 15) is 14.4 Å². The first kappa shape index (κ1) is 23.2. The Morgan fingerprint density at radius 2 is 1.97 bits per heavy atom. The molecule has 2 fully saturated rings. The number of likely N-dealkylation sites (tertiary alicyclic amines) is 1. The highest BCUT2D eigenvalue weighted by atomic mass is 19.1. The number of ether oxygens (including phenoxy) is 2. The molecule has 1 heterocycles. The second-order valence-corrected chi connectivity index (χ2v) is 8.76. The summed E-state index contributed by atoms with van der Waals surface area (Å²) >= 11 is 0. The summed E-state index contributed by atoms with van der Waals surface area (Å²) in [6.07, 6.45) is 0.331. The summed E-state index contributed by atoms with van der Waals surface area (Å²) in [5.41, 5.74) is 1.93. The number of carbonyl (C=O) groups is 1. The topological polar surface area (TPSA) is 74.6 Å². The van der Waals surface area contributed by atoms with Gasteiger partial charge in [0.25, 0.3) is 0 Å². The van der Waals surface area contributed by atoms with Crippen molar-refractivity contribution in [2.24, 2.45) is 17.8 Å². The molecule has 2 aromatic rings. The monoisotopic (exact) mass is 451 g/mol. The number of hydrogen-bond donors (Lipinski definition) is 1. The molecular formula is C26H30FN3O3. The van der Waals surface area contributed by atoms with Crippen molar-refractivity contribution in [2.75, 3.05) is 32.8 Å². The quantitative estimate of drug-likeness (QED) is 0.418. The molecule has 4 rings (SSSR count). The first-order valence-electron chi connectivity index (χ1n) is 11.6. The molecule has 1 aliphatic heterocycles. The van der Waals surface area contributed by atoms with Crippen molar-refractivity contribution >= 4 is 5.97 Å². The fourth-order valence-corrected chi connectivity index (χ4v) is 4.72. The van der Waals surface area contributed by atoms with Gasteiger partial charge in [0, 0.05) is 32.2 Å². The molecule has 174 valence electrons. The molecular weight excluding hydrogens is 421 g/mol. The van der Waals surface area contributed by atoms with Gasteiger partial charge in [0.2, 0.25) is 0 Å². The van der Waals surface area contributed by atoms with Crippen molar-refractivity contribution in [2.45, 2.75) is 25.9 Å². The Morgan fingerprint density at radius 3 is 2.64 bits per heavy atom. The Labute approximate surface area is 194 Å². The van der Waals surface area contributed by atoms with Crippen LogP contribution in [0.15, 0.2) is 48.5 Å². The fraction of sp³-hybridized carbons (Fsp3) is 0.462. The lowest BCUT2D eigenvalue weighted by Crippen LogP contribution is -2.33. The van der Waals surface area contributed by atoms with Crippen molar-refractivity contribution in [1.82, 2.24) is 10.2 Å². The number of esters is 1. The van der Waals surface area contributed by atoms with Crippen LogP contribution in [0.3, 0.4) is 0 Å². The van der Waals surface area contributed by atoms with Crippen LogP contribution in [-0.2, 0) is 22.5 Å². The SMILES string of the molecule is CCOC(=O)[C@H](C#N)Cc1ccc(OCCNC2C3CN(Cc4cccc(F)c4)C[C@@H]32)cc1. The van der Waals surface area contributed by atoms with E-state index >= 15 is 0 Å². The van der Waals surface area contributed by atoms with Crippen molar-refractivity contribution in [1.29, 1.82) is 5.26 Å². The van der Waals surface area contributed by atoms with Crippen molar-refractivity contribution in [3.63, 3.8) is 0 Å². The molecule has 2 aliphatic rings. The largest absolute Gasteiger partial charge is 0.492 e. The third-order valence-electron chi connectivity index (χ3n) is 6.41. The predicted molar refractivity (Wildman–Crippen MR) is 122 cm³/mol. The number of hydrogen-bond acceptors (Lipinski definition) is 6. The lowest BCUT2D eigenvalue weighted by molar-refractivity contribution is -0.145. The summed E-state index contributed by atoms with van der Waals surface area (Å²) in [6.45, 7) is 6.27. The highest BCUT2D eigenvalue weighted by Crippen LogP contribution is 2.45. The molecule has 6 nitrogen and oxygen atoms in total. The number of nitrogens with zero attached hydrogens (tertiary/aromatic N) is 2. The van der Waals surface area contributed by atoms with Gasteiger partial charge >= 0.3 is 5.97 Å². The zero-order valence-corrected chi connectivity index (χ0v) is 18.9. The van der Waals surface area contributed by atoms with Gasteiger partial charge in [-0.05, 0) is 60.6 Å². The molecule has 0 spiro atoms. The zero-order chi connectivity index (χ0) is 23.2. The Balaban J connectivity index is 1.12. The molecule has 0 amide bonds. The van der Waals surface area contributed by atoms with Crippen molar-refractivity contribution in [3.8, 4) is 11.8 Å². The van der Waals surface area contributed by atoms with Crippen LogP contribution in [-0.4, -0.2) is 49.8 Å². The van der Waals surface area contributed by atoms with Crippen LogP contribution in [0.2, 0.25) is 0 Å². The van der Waals surface area contributed by atoms with Gasteiger partial charge in [0.05, 0.1) is 12.7 Å². The minimum absolute atomic E-state index is 0.172. The van der Waals surface area contributed by atoms with E-state index in [1.54, 1.807) is 19.1 Å². The first-order valence-corrected chi connectivity index (χ1v) is 11.6. The molecule has 1 N–H and O–H groups in total. The molecule has 1 saturated carbocycles. The minimum atomic E-state index is -0.788. The van der Waals surface area contributed by atoms with E-state index in [0.717, 1.165) is 43.1 Å². The fourth-order valence-electron chi connectivity index (χ4n) is 4.72. The first-order chi connectivity index (χ1) is 16.1. The summed E-state index contributed by atoms with van der Waals surface area (Å²) in [7, 11) is 0. The Hall–Kier alpha value is -2.95. The molecule has 2 unspecified atom stereocenters. The number of fused-ring (bicyclic) bond motifs is 1. The smallest absolute Gasteiger partial charge is 0.323 e. The molecule has 4 atom stereocenters. The van der Waals surface area contributed by atoms with Crippen LogP contribution in [0.5, 0.6) is 5.75 Å². The highest BCUT2D eigenvalue weighted by molar-refractivity contribution is 5.75.